The van der Waals surface area contributed by atoms with Gasteiger partial charge in [-0.25, -0.2) is 0 Å². The van der Waals surface area contributed by atoms with Crippen molar-refractivity contribution in [3.05, 3.63) is 0 Å². The van der Waals surface area contributed by atoms with Crippen LogP contribution in [0.15, 0.2) is 0 Å². The van der Waals surface area contributed by atoms with E-state index in [1.807, 2.05) is 12.1 Å². The second-order valence-electron chi connectivity index (χ2n) is 4.37. The number of carbonyl (C=O) groups excluding carboxylic acids is 2. The average molecular weight is 252 g/mol. The molecule has 0 aliphatic rings. The zero-order chi connectivity index (χ0) is 14.4. The molecule has 0 aromatic heterocycles. The molecule has 98 valence electrons. The van der Waals surface area contributed by atoms with Crippen LogP contribution in [0.3, 0.4) is 0 Å². The highest BCUT2D eigenvalue weighted by atomic mass is 16.6. The molecule has 0 aromatic rings. The first-order valence-corrected chi connectivity index (χ1v) is 5.38. The van der Waals surface area contributed by atoms with Gasteiger partial charge in [-0.2, -0.15) is 10.5 Å². The summed E-state index contributed by atoms with van der Waals surface area (Å²) in [6, 6.07) is 3.73. The van der Waals surface area contributed by atoms with Gasteiger partial charge in [0.15, 0.2) is 11.2 Å². The van der Waals surface area contributed by atoms with E-state index in [9.17, 15) is 9.59 Å². The molecule has 6 nitrogen and oxygen atoms in total. The molecule has 0 unspecified atom stereocenters. The number of nitriles is 2. The summed E-state index contributed by atoms with van der Waals surface area (Å²) in [5, 5.41) is 17.9. The first-order chi connectivity index (χ1) is 8.16. The van der Waals surface area contributed by atoms with Gasteiger partial charge in [-0.05, 0) is 13.8 Å². The molecule has 0 radical (unpaired) electrons. The Kier molecular flexibility index (Phi) is 5.32. The van der Waals surface area contributed by atoms with Gasteiger partial charge in [-0.15, -0.1) is 0 Å². The maximum Gasteiger partial charge on any atom is 0.304 e. The first-order valence-electron chi connectivity index (χ1n) is 5.38. The smallest absolute Gasteiger partial charge is 0.304 e. The Balaban J connectivity index is 4.71. The van der Waals surface area contributed by atoms with Crippen LogP contribution in [0, 0.1) is 22.7 Å². The van der Waals surface area contributed by atoms with Gasteiger partial charge >= 0.3 is 11.9 Å². The number of nitrogens with zero attached hydrogens (tertiary/aromatic N) is 2. The molecule has 0 N–H and O–H groups in total. The van der Waals surface area contributed by atoms with E-state index in [4.69, 9.17) is 20.0 Å². The van der Waals surface area contributed by atoms with Crippen molar-refractivity contribution < 1.29 is 19.1 Å². The van der Waals surface area contributed by atoms with Crippen LogP contribution in [0.25, 0.3) is 0 Å². The topological polar surface area (TPSA) is 100 Å². The predicted octanol–water partition coefficient (Wildman–Crippen LogP) is 1.46. The molecule has 0 heterocycles. The van der Waals surface area contributed by atoms with E-state index in [-0.39, 0.29) is 12.8 Å². The number of esters is 2. The summed E-state index contributed by atoms with van der Waals surface area (Å²) in [7, 11) is 0. The van der Waals surface area contributed by atoms with Crippen molar-refractivity contribution in [3.8, 4) is 12.1 Å². The maximum atomic E-state index is 10.9. The Hall–Kier alpha value is -2.08. The zero-order valence-corrected chi connectivity index (χ0v) is 10.9. The third kappa shape index (κ3) is 5.31. The van der Waals surface area contributed by atoms with E-state index < -0.39 is 23.1 Å². The number of ether oxygens (including phenoxy) is 2. The Bertz CT molecular complexity index is 381. The number of rotatable bonds is 5. The van der Waals surface area contributed by atoms with Gasteiger partial charge in [0.05, 0.1) is 0 Å². The Labute approximate surface area is 106 Å². The number of hydrogen-bond donors (Lipinski definition) is 0. The Morgan fingerprint density at radius 3 is 1.39 bits per heavy atom. The summed E-state index contributed by atoms with van der Waals surface area (Å²) in [5.74, 6) is -1.16. The summed E-state index contributed by atoms with van der Waals surface area (Å²) in [6.45, 7) is 5.29. The molecule has 0 amide bonds. The summed E-state index contributed by atoms with van der Waals surface area (Å²) in [6.07, 6.45) is 0.195. The van der Waals surface area contributed by atoms with E-state index in [0.717, 1.165) is 0 Å². The lowest BCUT2D eigenvalue weighted by molar-refractivity contribution is -0.156. The van der Waals surface area contributed by atoms with Crippen LogP contribution >= 0.6 is 0 Å². The van der Waals surface area contributed by atoms with E-state index in [2.05, 4.69) is 0 Å². The minimum absolute atomic E-state index is 0.0976. The van der Waals surface area contributed by atoms with Gasteiger partial charge in [0.2, 0.25) is 0 Å². The maximum absolute atomic E-state index is 10.9. The van der Waals surface area contributed by atoms with Gasteiger partial charge in [0, 0.05) is 26.7 Å². The summed E-state index contributed by atoms with van der Waals surface area (Å²) < 4.78 is 9.76. The van der Waals surface area contributed by atoms with E-state index in [1.165, 1.54) is 27.7 Å². The van der Waals surface area contributed by atoms with Crippen molar-refractivity contribution in [2.24, 2.45) is 0 Å². The normalized spacial score (nSPS) is 16.3. The molecule has 0 aliphatic carbocycles. The highest BCUT2D eigenvalue weighted by Crippen LogP contribution is 2.25. The minimum atomic E-state index is -1.33. The molecule has 0 rings (SSSR count). The molecule has 0 bridgehead atoms. The van der Waals surface area contributed by atoms with Gasteiger partial charge < -0.3 is 9.47 Å². The van der Waals surface area contributed by atoms with Crippen molar-refractivity contribution in [2.45, 2.75) is 51.7 Å². The summed E-state index contributed by atoms with van der Waals surface area (Å²) in [4.78, 5) is 21.7. The van der Waals surface area contributed by atoms with Gasteiger partial charge in [0.1, 0.15) is 12.1 Å². The molecule has 0 saturated carbocycles. The SMILES string of the molecule is CC(=O)O[C@](C)(C#N)CC[C@@](C)(C#N)OC(C)=O. The van der Waals surface area contributed by atoms with Gasteiger partial charge in [0.25, 0.3) is 0 Å². The predicted molar refractivity (Wildman–Crippen MR) is 60.8 cm³/mol. The third-order valence-electron chi connectivity index (χ3n) is 2.29. The fourth-order valence-electron chi connectivity index (χ4n) is 1.37. The van der Waals surface area contributed by atoms with E-state index in [0.29, 0.717) is 0 Å². The van der Waals surface area contributed by atoms with Crippen molar-refractivity contribution in [2.75, 3.05) is 0 Å². The molecule has 0 aromatic carbocycles. The van der Waals surface area contributed by atoms with Crippen LogP contribution in [0.1, 0.15) is 40.5 Å². The monoisotopic (exact) mass is 252 g/mol. The van der Waals surface area contributed by atoms with Crippen LogP contribution in [0.4, 0.5) is 0 Å². The van der Waals surface area contributed by atoms with E-state index >= 15 is 0 Å². The van der Waals surface area contributed by atoms with Crippen LogP contribution < -0.4 is 0 Å². The highest BCUT2D eigenvalue weighted by molar-refractivity contribution is 5.67. The third-order valence-corrected chi connectivity index (χ3v) is 2.29. The molecular formula is C12H16N2O4. The van der Waals surface area contributed by atoms with Crippen LogP contribution in [0.2, 0.25) is 0 Å². The van der Waals surface area contributed by atoms with Crippen LogP contribution in [-0.2, 0) is 19.1 Å². The molecule has 0 spiro atoms. The quantitative estimate of drug-likeness (QED) is 0.686. The number of carbonyl (C=O) groups is 2. The van der Waals surface area contributed by atoms with Crippen LogP contribution in [0.5, 0.6) is 0 Å². The highest BCUT2D eigenvalue weighted by Gasteiger charge is 2.34. The molecule has 6 heteroatoms. The lowest BCUT2D eigenvalue weighted by Crippen LogP contribution is -2.35. The zero-order valence-electron chi connectivity index (χ0n) is 10.9. The molecule has 0 fully saturated rings. The lowest BCUT2D eigenvalue weighted by Gasteiger charge is -2.26. The second kappa shape index (κ2) is 6.02. The molecule has 18 heavy (non-hydrogen) atoms. The Morgan fingerprint density at radius 1 is 0.944 bits per heavy atom. The van der Waals surface area contributed by atoms with Crippen molar-refractivity contribution >= 4 is 11.9 Å². The minimum Gasteiger partial charge on any atom is -0.444 e. The lowest BCUT2D eigenvalue weighted by atomic mass is 9.93. The average Bonchev–Trinajstić information content (AvgIpc) is 2.25. The standard InChI is InChI=1S/C12H16N2O4/c1-9(15)17-11(3,7-13)5-6-12(4,8-14)18-10(2)16/h5-6H2,1-4H3/t11-,12-/m0/s1. The van der Waals surface area contributed by atoms with Crippen molar-refractivity contribution in [1.82, 2.24) is 0 Å². The number of hydrogen-bond acceptors (Lipinski definition) is 6. The molecule has 0 aliphatic heterocycles. The van der Waals surface area contributed by atoms with Gasteiger partial charge in [-0.3, -0.25) is 9.59 Å². The van der Waals surface area contributed by atoms with Crippen LogP contribution in [-0.4, -0.2) is 23.1 Å². The van der Waals surface area contributed by atoms with E-state index in [1.54, 1.807) is 0 Å². The Morgan fingerprint density at radius 2 is 1.22 bits per heavy atom. The van der Waals surface area contributed by atoms with Crippen molar-refractivity contribution in [1.29, 1.82) is 10.5 Å². The van der Waals surface area contributed by atoms with Crippen molar-refractivity contribution in [3.63, 3.8) is 0 Å². The molecule has 0 saturated heterocycles. The molecular weight excluding hydrogens is 236 g/mol. The second-order valence-corrected chi connectivity index (χ2v) is 4.37. The first kappa shape index (κ1) is 15.9. The summed E-state index contributed by atoms with van der Waals surface area (Å²) in [5.41, 5.74) is -2.66. The summed E-state index contributed by atoms with van der Waals surface area (Å²) >= 11 is 0. The fraction of sp³-hybridized carbons (Fsp3) is 0.667. The largest absolute Gasteiger partial charge is 0.444 e. The fourth-order valence-corrected chi connectivity index (χ4v) is 1.37. The molecule has 2 atom stereocenters. The van der Waals surface area contributed by atoms with Gasteiger partial charge in [-0.1, -0.05) is 0 Å².